The van der Waals surface area contributed by atoms with Gasteiger partial charge in [0, 0.05) is 35.9 Å². The van der Waals surface area contributed by atoms with Gasteiger partial charge in [-0.1, -0.05) is 50.2 Å². The van der Waals surface area contributed by atoms with Crippen LogP contribution in [0, 0.1) is 5.41 Å². The third kappa shape index (κ3) is 6.10. The van der Waals surface area contributed by atoms with Crippen LogP contribution in [0.5, 0.6) is 11.5 Å². The van der Waals surface area contributed by atoms with Crippen LogP contribution >= 0.6 is 0 Å². The maximum absolute atomic E-state index is 13.5. The van der Waals surface area contributed by atoms with E-state index in [0.29, 0.717) is 61.0 Å². The smallest absolute Gasteiger partial charge is 0.336 e. The molecule has 1 N–H and O–H groups in total. The second-order valence-corrected chi connectivity index (χ2v) is 10.4. The van der Waals surface area contributed by atoms with Crippen molar-refractivity contribution in [3.05, 3.63) is 82.2 Å². The van der Waals surface area contributed by atoms with Crippen molar-refractivity contribution in [3.63, 3.8) is 0 Å². The first-order chi connectivity index (χ1) is 18.2. The van der Waals surface area contributed by atoms with Gasteiger partial charge in [0.25, 0.3) is 0 Å². The molecule has 1 unspecified atom stereocenters. The highest BCUT2D eigenvalue weighted by Crippen LogP contribution is 2.48. The van der Waals surface area contributed by atoms with E-state index in [1.165, 1.54) is 0 Å². The van der Waals surface area contributed by atoms with Crippen LogP contribution in [0.1, 0.15) is 57.6 Å². The predicted octanol–water partition coefficient (Wildman–Crippen LogP) is 5.46. The molecule has 2 aromatic rings. The lowest BCUT2D eigenvalue weighted by Crippen LogP contribution is -2.38. The van der Waals surface area contributed by atoms with Crippen LogP contribution < -0.4 is 14.8 Å². The van der Waals surface area contributed by atoms with Gasteiger partial charge in [-0.2, -0.15) is 0 Å². The van der Waals surface area contributed by atoms with E-state index in [4.69, 9.17) is 18.9 Å². The number of dihydropyridines is 1. The molecule has 0 fully saturated rings. The average molecular weight is 520 g/mol. The van der Waals surface area contributed by atoms with Gasteiger partial charge in [-0.25, -0.2) is 4.79 Å². The molecule has 0 bridgehead atoms. The van der Waals surface area contributed by atoms with E-state index in [-0.39, 0.29) is 17.8 Å². The molecule has 0 spiro atoms. The number of hydrogen-bond donors (Lipinski definition) is 1. The Morgan fingerprint density at radius 1 is 1.05 bits per heavy atom. The summed E-state index contributed by atoms with van der Waals surface area (Å²) >= 11 is 0. The quantitative estimate of drug-likeness (QED) is 0.330. The molecular formula is C31H37NO6. The number of Topliss-reactive ketones (excluding diaryl/α,β-unsaturated/α-hetero) is 1. The Balaban J connectivity index is 1.71. The number of carbonyl (C=O) groups is 2. The van der Waals surface area contributed by atoms with Crippen molar-refractivity contribution < 1.29 is 28.5 Å². The van der Waals surface area contributed by atoms with Crippen LogP contribution in [0.15, 0.2) is 71.1 Å². The van der Waals surface area contributed by atoms with Crippen molar-refractivity contribution in [3.8, 4) is 11.5 Å². The van der Waals surface area contributed by atoms with Gasteiger partial charge in [0.05, 0.1) is 19.3 Å². The summed E-state index contributed by atoms with van der Waals surface area (Å²) in [5.41, 5.74) is 4.23. The van der Waals surface area contributed by atoms with E-state index >= 15 is 0 Å². The topological polar surface area (TPSA) is 83.1 Å². The highest BCUT2D eigenvalue weighted by atomic mass is 16.6. The second-order valence-electron chi connectivity index (χ2n) is 10.4. The number of rotatable bonds is 10. The molecule has 4 rings (SSSR count). The van der Waals surface area contributed by atoms with E-state index in [1.54, 1.807) is 7.11 Å². The minimum Gasteiger partial charge on any atom is -0.493 e. The van der Waals surface area contributed by atoms with Gasteiger partial charge in [-0.3, -0.25) is 4.79 Å². The molecule has 0 saturated heterocycles. The van der Waals surface area contributed by atoms with Crippen molar-refractivity contribution >= 4 is 11.8 Å². The maximum Gasteiger partial charge on any atom is 0.336 e. The van der Waals surface area contributed by atoms with Crippen LogP contribution in [0.25, 0.3) is 0 Å². The van der Waals surface area contributed by atoms with E-state index in [9.17, 15) is 9.59 Å². The molecular weight excluding hydrogens is 482 g/mol. The largest absolute Gasteiger partial charge is 0.493 e. The Morgan fingerprint density at radius 2 is 1.82 bits per heavy atom. The molecule has 1 atom stereocenters. The summed E-state index contributed by atoms with van der Waals surface area (Å²) in [6.07, 6.45) is 1.12. The second kappa shape index (κ2) is 11.9. The zero-order valence-corrected chi connectivity index (χ0v) is 22.9. The van der Waals surface area contributed by atoms with Crippen molar-refractivity contribution in [2.75, 3.05) is 26.9 Å². The van der Waals surface area contributed by atoms with Crippen LogP contribution in [0.3, 0.4) is 0 Å². The van der Waals surface area contributed by atoms with E-state index in [2.05, 4.69) is 19.2 Å². The molecule has 2 aliphatic rings. The molecule has 7 nitrogen and oxygen atoms in total. The first-order valence-electron chi connectivity index (χ1n) is 13.1. The monoisotopic (exact) mass is 519 g/mol. The van der Waals surface area contributed by atoms with Crippen molar-refractivity contribution in [1.29, 1.82) is 0 Å². The lowest BCUT2D eigenvalue weighted by atomic mass is 9.68. The fourth-order valence-corrected chi connectivity index (χ4v) is 5.17. The average Bonchev–Trinajstić information content (AvgIpc) is 2.88. The highest BCUT2D eigenvalue weighted by Gasteiger charge is 2.43. The summed E-state index contributed by atoms with van der Waals surface area (Å²) in [4.78, 5) is 26.9. The van der Waals surface area contributed by atoms with Gasteiger partial charge in [0.15, 0.2) is 17.3 Å². The number of esters is 1. The molecule has 1 aliphatic carbocycles. The van der Waals surface area contributed by atoms with Crippen LogP contribution in [-0.4, -0.2) is 38.7 Å². The third-order valence-electron chi connectivity index (χ3n) is 6.88. The van der Waals surface area contributed by atoms with Gasteiger partial charge >= 0.3 is 5.97 Å². The zero-order chi connectivity index (χ0) is 27.3. The van der Waals surface area contributed by atoms with Crippen LogP contribution in [0.4, 0.5) is 0 Å². The summed E-state index contributed by atoms with van der Waals surface area (Å²) in [5, 5.41) is 3.37. The molecule has 0 amide bonds. The van der Waals surface area contributed by atoms with Gasteiger partial charge in [0.1, 0.15) is 13.2 Å². The van der Waals surface area contributed by atoms with E-state index in [0.717, 1.165) is 16.8 Å². The summed E-state index contributed by atoms with van der Waals surface area (Å²) in [6.45, 7) is 9.31. The number of hydrogen-bond acceptors (Lipinski definition) is 7. The zero-order valence-electron chi connectivity index (χ0n) is 22.9. The number of ketones is 1. The number of methoxy groups -OCH3 is 1. The fourth-order valence-electron chi connectivity index (χ4n) is 5.17. The number of allylic oxidation sites excluding steroid dienone is 3. The van der Waals surface area contributed by atoms with Gasteiger partial charge < -0.3 is 24.3 Å². The van der Waals surface area contributed by atoms with Crippen molar-refractivity contribution in [2.45, 2.75) is 53.1 Å². The molecule has 202 valence electrons. The normalized spacial score (nSPS) is 18.6. The standard InChI is InChI=1S/C31H37NO6/c1-6-36-14-15-37-30(34)27-20(2)32-23-17-31(3,4)18-24(33)29(23)28(27)22-12-13-25(26(16-22)35-5)38-19-21-10-8-7-9-11-21/h7-13,16,28,32H,6,14-15,17-19H2,1-5H3. The van der Waals surface area contributed by atoms with Crippen molar-refractivity contribution in [2.24, 2.45) is 5.41 Å². The SMILES string of the molecule is CCOCCOC(=O)C1=C(C)NC2=C(C(=O)CC(C)(C)C2)C1c1ccc(OCc2ccccc2)c(OC)c1. The van der Waals surface area contributed by atoms with Crippen molar-refractivity contribution in [1.82, 2.24) is 5.32 Å². The molecule has 7 heteroatoms. The molecule has 0 radical (unpaired) electrons. The van der Waals surface area contributed by atoms with Crippen LogP contribution in [-0.2, 0) is 25.7 Å². The number of carbonyl (C=O) groups excluding carboxylic acids is 2. The Bertz CT molecular complexity index is 1240. The third-order valence-corrected chi connectivity index (χ3v) is 6.88. The fraction of sp³-hybridized carbons (Fsp3) is 0.419. The summed E-state index contributed by atoms with van der Waals surface area (Å²) in [5.74, 6) is 0.105. The molecule has 0 saturated carbocycles. The Kier molecular flexibility index (Phi) is 8.57. The first-order valence-corrected chi connectivity index (χ1v) is 13.1. The minimum absolute atomic E-state index is 0.0317. The lowest BCUT2D eigenvalue weighted by Gasteiger charge is -2.39. The Hall–Kier alpha value is -3.58. The lowest BCUT2D eigenvalue weighted by molar-refractivity contribution is -0.140. The number of benzene rings is 2. The van der Waals surface area contributed by atoms with Gasteiger partial charge in [-0.05, 0) is 48.9 Å². The first kappa shape index (κ1) is 27.5. The van der Waals surface area contributed by atoms with Crippen LogP contribution in [0.2, 0.25) is 0 Å². The predicted molar refractivity (Wildman–Crippen MR) is 145 cm³/mol. The Morgan fingerprint density at radius 3 is 2.53 bits per heavy atom. The maximum atomic E-state index is 13.5. The number of nitrogens with one attached hydrogen (secondary N) is 1. The molecule has 0 aromatic heterocycles. The van der Waals surface area contributed by atoms with E-state index < -0.39 is 11.9 Å². The molecule has 1 aliphatic heterocycles. The molecule has 1 heterocycles. The highest BCUT2D eigenvalue weighted by molar-refractivity contribution is 6.04. The Labute approximate surface area is 224 Å². The molecule has 38 heavy (non-hydrogen) atoms. The summed E-state index contributed by atoms with van der Waals surface area (Å²) in [6, 6.07) is 15.5. The van der Waals surface area contributed by atoms with Gasteiger partial charge in [-0.15, -0.1) is 0 Å². The molecule has 2 aromatic carbocycles. The number of ether oxygens (including phenoxy) is 4. The van der Waals surface area contributed by atoms with E-state index in [1.807, 2.05) is 62.4 Å². The summed E-state index contributed by atoms with van der Waals surface area (Å²) < 4.78 is 22.6. The summed E-state index contributed by atoms with van der Waals surface area (Å²) in [7, 11) is 1.58. The van der Waals surface area contributed by atoms with Gasteiger partial charge in [0.2, 0.25) is 0 Å². The minimum atomic E-state index is -0.577.